The fourth-order valence-electron chi connectivity index (χ4n) is 1.39. The Morgan fingerprint density at radius 3 is 2.81 bits per heavy atom. The SMILES string of the molecule is N#CCC(O)C(O)c1nc2ccccc2s1. The van der Waals surface area contributed by atoms with E-state index in [1.807, 2.05) is 30.3 Å². The maximum Gasteiger partial charge on any atom is 0.132 e. The Morgan fingerprint density at radius 1 is 1.38 bits per heavy atom. The summed E-state index contributed by atoms with van der Waals surface area (Å²) in [5, 5.41) is 28.1. The first kappa shape index (κ1) is 11.0. The Balaban J connectivity index is 2.30. The molecule has 1 aromatic carbocycles. The van der Waals surface area contributed by atoms with Crippen LogP contribution >= 0.6 is 11.3 Å². The number of thiazole rings is 1. The van der Waals surface area contributed by atoms with Crippen molar-refractivity contribution in [3.05, 3.63) is 29.3 Å². The second kappa shape index (κ2) is 4.58. The number of nitriles is 1. The second-order valence-electron chi connectivity index (χ2n) is 3.39. The summed E-state index contributed by atoms with van der Waals surface area (Å²) in [6.07, 6.45) is -2.26. The molecule has 0 aliphatic rings. The van der Waals surface area contributed by atoms with E-state index in [-0.39, 0.29) is 6.42 Å². The van der Waals surface area contributed by atoms with Gasteiger partial charge in [0.15, 0.2) is 0 Å². The summed E-state index contributed by atoms with van der Waals surface area (Å²) < 4.78 is 0.959. The van der Waals surface area contributed by atoms with Gasteiger partial charge in [-0.2, -0.15) is 5.26 Å². The van der Waals surface area contributed by atoms with E-state index in [1.54, 1.807) is 0 Å². The molecule has 5 heteroatoms. The van der Waals surface area contributed by atoms with E-state index in [1.165, 1.54) is 11.3 Å². The molecular formula is C11H10N2O2S. The lowest BCUT2D eigenvalue weighted by molar-refractivity contribution is 0.0216. The van der Waals surface area contributed by atoms with Gasteiger partial charge in [-0.25, -0.2) is 4.98 Å². The van der Waals surface area contributed by atoms with E-state index < -0.39 is 12.2 Å². The number of aliphatic hydroxyl groups excluding tert-OH is 2. The first-order valence-corrected chi connectivity index (χ1v) is 5.62. The molecule has 16 heavy (non-hydrogen) atoms. The van der Waals surface area contributed by atoms with E-state index >= 15 is 0 Å². The van der Waals surface area contributed by atoms with E-state index in [4.69, 9.17) is 5.26 Å². The fraction of sp³-hybridized carbons (Fsp3) is 0.273. The van der Waals surface area contributed by atoms with Crippen LogP contribution in [0, 0.1) is 11.3 Å². The zero-order chi connectivity index (χ0) is 11.5. The van der Waals surface area contributed by atoms with Crippen molar-refractivity contribution in [3.8, 4) is 6.07 Å². The third-order valence-corrected chi connectivity index (χ3v) is 3.34. The fourth-order valence-corrected chi connectivity index (χ4v) is 2.40. The largest absolute Gasteiger partial charge is 0.389 e. The van der Waals surface area contributed by atoms with Gasteiger partial charge in [0.25, 0.3) is 0 Å². The van der Waals surface area contributed by atoms with Crippen molar-refractivity contribution in [1.82, 2.24) is 4.98 Å². The van der Waals surface area contributed by atoms with Gasteiger partial charge in [-0.1, -0.05) is 12.1 Å². The number of benzene rings is 1. The van der Waals surface area contributed by atoms with Crippen LogP contribution in [0.2, 0.25) is 0 Å². The van der Waals surface area contributed by atoms with Gasteiger partial charge in [-0.3, -0.25) is 0 Å². The highest BCUT2D eigenvalue weighted by molar-refractivity contribution is 7.18. The zero-order valence-corrected chi connectivity index (χ0v) is 9.18. The lowest BCUT2D eigenvalue weighted by Gasteiger charge is -2.11. The lowest BCUT2D eigenvalue weighted by Crippen LogP contribution is -2.17. The number of aliphatic hydroxyl groups is 2. The number of rotatable bonds is 3. The molecular weight excluding hydrogens is 224 g/mol. The van der Waals surface area contributed by atoms with Crippen molar-refractivity contribution in [2.24, 2.45) is 0 Å². The molecule has 0 radical (unpaired) electrons. The molecule has 1 heterocycles. The van der Waals surface area contributed by atoms with Crippen molar-refractivity contribution in [2.45, 2.75) is 18.6 Å². The van der Waals surface area contributed by atoms with Crippen LogP contribution in [-0.4, -0.2) is 21.3 Å². The summed E-state index contributed by atoms with van der Waals surface area (Å²) in [4.78, 5) is 4.22. The van der Waals surface area contributed by atoms with E-state index in [0.29, 0.717) is 5.01 Å². The van der Waals surface area contributed by atoms with Gasteiger partial charge in [-0.15, -0.1) is 11.3 Å². The van der Waals surface area contributed by atoms with Crippen LogP contribution in [-0.2, 0) is 0 Å². The Labute approximate surface area is 96.4 Å². The molecule has 0 spiro atoms. The summed E-state index contributed by atoms with van der Waals surface area (Å²) in [7, 11) is 0. The van der Waals surface area contributed by atoms with Crippen LogP contribution in [0.1, 0.15) is 17.5 Å². The van der Waals surface area contributed by atoms with Crippen molar-refractivity contribution in [1.29, 1.82) is 5.26 Å². The molecule has 0 aliphatic heterocycles. The molecule has 2 rings (SSSR count). The van der Waals surface area contributed by atoms with Crippen LogP contribution in [0.3, 0.4) is 0 Å². The normalized spacial score (nSPS) is 14.6. The summed E-state index contributed by atoms with van der Waals surface area (Å²) in [5.74, 6) is 0. The number of hydrogen-bond acceptors (Lipinski definition) is 5. The highest BCUT2D eigenvalue weighted by atomic mass is 32.1. The lowest BCUT2D eigenvalue weighted by atomic mass is 10.1. The molecule has 0 saturated heterocycles. The predicted molar refractivity (Wildman–Crippen MR) is 60.8 cm³/mol. The third kappa shape index (κ3) is 2.04. The smallest absolute Gasteiger partial charge is 0.132 e. The first-order chi connectivity index (χ1) is 7.72. The van der Waals surface area contributed by atoms with Gasteiger partial charge in [0.05, 0.1) is 28.8 Å². The maximum absolute atomic E-state index is 9.77. The monoisotopic (exact) mass is 234 g/mol. The van der Waals surface area contributed by atoms with Gasteiger partial charge in [-0.05, 0) is 12.1 Å². The number of hydrogen-bond donors (Lipinski definition) is 2. The molecule has 2 atom stereocenters. The number of para-hydroxylation sites is 1. The number of aromatic nitrogens is 1. The summed E-state index contributed by atoms with van der Waals surface area (Å²) >= 11 is 1.33. The van der Waals surface area contributed by atoms with Gasteiger partial charge >= 0.3 is 0 Å². The molecule has 0 fully saturated rings. The Hall–Kier alpha value is -1.48. The average Bonchev–Trinajstić information content (AvgIpc) is 2.71. The topological polar surface area (TPSA) is 77.1 Å². The molecule has 4 nitrogen and oxygen atoms in total. The Morgan fingerprint density at radius 2 is 2.12 bits per heavy atom. The third-order valence-electron chi connectivity index (χ3n) is 2.23. The van der Waals surface area contributed by atoms with E-state index in [9.17, 15) is 10.2 Å². The second-order valence-corrected chi connectivity index (χ2v) is 4.46. The highest BCUT2D eigenvalue weighted by Gasteiger charge is 2.21. The van der Waals surface area contributed by atoms with Crippen molar-refractivity contribution in [2.75, 3.05) is 0 Å². The average molecular weight is 234 g/mol. The van der Waals surface area contributed by atoms with Crippen molar-refractivity contribution < 1.29 is 10.2 Å². The summed E-state index contributed by atoms with van der Waals surface area (Å²) in [6, 6.07) is 9.32. The minimum Gasteiger partial charge on any atom is -0.389 e. The van der Waals surface area contributed by atoms with E-state index in [2.05, 4.69) is 4.98 Å². The first-order valence-electron chi connectivity index (χ1n) is 4.81. The van der Waals surface area contributed by atoms with E-state index in [0.717, 1.165) is 10.2 Å². The summed E-state index contributed by atoms with van der Waals surface area (Å²) in [5.41, 5.74) is 0.797. The van der Waals surface area contributed by atoms with Gasteiger partial charge < -0.3 is 10.2 Å². The van der Waals surface area contributed by atoms with Gasteiger partial charge in [0.1, 0.15) is 11.1 Å². The van der Waals surface area contributed by atoms with Crippen molar-refractivity contribution >= 4 is 21.6 Å². The highest BCUT2D eigenvalue weighted by Crippen LogP contribution is 2.28. The van der Waals surface area contributed by atoms with Crippen LogP contribution in [0.5, 0.6) is 0 Å². The predicted octanol–water partition coefficient (Wildman–Crippen LogP) is 1.60. The molecule has 2 unspecified atom stereocenters. The molecule has 2 aromatic rings. The number of fused-ring (bicyclic) bond motifs is 1. The molecule has 0 amide bonds. The van der Waals surface area contributed by atoms with Gasteiger partial charge in [0.2, 0.25) is 0 Å². The van der Waals surface area contributed by atoms with Gasteiger partial charge in [0, 0.05) is 0 Å². The molecule has 0 bridgehead atoms. The minimum atomic E-state index is -1.09. The minimum absolute atomic E-state index is 0.100. The molecule has 0 aliphatic carbocycles. The number of nitrogens with zero attached hydrogens (tertiary/aromatic N) is 2. The van der Waals surface area contributed by atoms with Crippen LogP contribution in [0.25, 0.3) is 10.2 Å². The van der Waals surface area contributed by atoms with Crippen LogP contribution < -0.4 is 0 Å². The molecule has 1 aromatic heterocycles. The summed E-state index contributed by atoms with van der Waals surface area (Å²) in [6.45, 7) is 0. The molecule has 2 N–H and O–H groups in total. The zero-order valence-electron chi connectivity index (χ0n) is 8.37. The Bertz CT molecular complexity index is 499. The Kier molecular flexibility index (Phi) is 3.15. The molecule has 82 valence electrons. The standard InChI is InChI=1S/C11H10N2O2S/c12-6-5-8(14)10(15)11-13-7-3-1-2-4-9(7)16-11/h1-4,8,10,14-15H,5H2. The maximum atomic E-state index is 9.77. The molecule has 0 saturated carbocycles. The van der Waals surface area contributed by atoms with Crippen molar-refractivity contribution in [3.63, 3.8) is 0 Å². The van der Waals surface area contributed by atoms with Crippen LogP contribution in [0.4, 0.5) is 0 Å². The van der Waals surface area contributed by atoms with Crippen LogP contribution in [0.15, 0.2) is 24.3 Å². The quantitative estimate of drug-likeness (QED) is 0.845.